The number of hydrogen-bond acceptors (Lipinski definition) is 4. The molecule has 0 saturated heterocycles. The van der Waals surface area contributed by atoms with Crippen molar-refractivity contribution < 1.29 is 13.9 Å². The van der Waals surface area contributed by atoms with Gasteiger partial charge in [0.2, 0.25) is 0 Å². The van der Waals surface area contributed by atoms with Crippen molar-refractivity contribution in [3.8, 4) is 5.75 Å². The minimum Gasteiger partial charge on any atom is -0.491 e. The number of rotatable bonds is 9. The van der Waals surface area contributed by atoms with E-state index >= 15 is 0 Å². The molecule has 3 aromatic rings. The first-order valence-corrected chi connectivity index (χ1v) is 9.64. The largest absolute Gasteiger partial charge is 0.491 e. The quantitative estimate of drug-likeness (QED) is 0.412. The van der Waals surface area contributed by atoms with Crippen molar-refractivity contribution in [2.24, 2.45) is 0 Å². The summed E-state index contributed by atoms with van der Waals surface area (Å²) >= 11 is 1.32. The molecule has 0 radical (unpaired) electrons. The molecule has 27 heavy (non-hydrogen) atoms. The fraction of sp³-hybridized carbons (Fsp3) is 0.238. The van der Waals surface area contributed by atoms with Crippen molar-refractivity contribution in [1.29, 1.82) is 0 Å². The van der Waals surface area contributed by atoms with E-state index in [-0.39, 0.29) is 18.2 Å². The van der Waals surface area contributed by atoms with Crippen molar-refractivity contribution >= 4 is 27.5 Å². The average Bonchev–Trinajstić information content (AvgIpc) is 3.12. The Balaban J connectivity index is 1.59. The van der Waals surface area contributed by atoms with Crippen LogP contribution in [-0.4, -0.2) is 17.5 Å². The van der Waals surface area contributed by atoms with Gasteiger partial charge in [-0.3, -0.25) is 4.79 Å². The molecule has 2 heterocycles. The normalized spacial score (nSPS) is 10.7. The molecule has 1 N–H and O–H groups in total. The Morgan fingerprint density at radius 3 is 3.00 bits per heavy atom. The molecule has 1 aromatic carbocycles. The highest BCUT2D eigenvalue weighted by atomic mass is 32.1. The van der Waals surface area contributed by atoms with Gasteiger partial charge in [-0.2, -0.15) is 0 Å². The maximum atomic E-state index is 14.6. The average molecular weight is 384 g/mol. The van der Waals surface area contributed by atoms with E-state index < -0.39 is 5.82 Å². The minimum absolute atomic E-state index is 0.0972. The van der Waals surface area contributed by atoms with Gasteiger partial charge in [0.15, 0.2) is 11.6 Å². The molecule has 0 saturated carbocycles. The Morgan fingerprint density at radius 1 is 1.30 bits per heavy atom. The molecule has 4 nitrogen and oxygen atoms in total. The van der Waals surface area contributed by atoms with Gasteiger partial charge in [0, 0.05) is 23.7 Å². The van der Waals surface area contributed by atoms with Gasteiger partial charge < -0.3 is 10.1 Å². The molecule has 3 rings (SSSR count). The van der Waals surface area contributed by atoms with Crippen molar-refractivity contribution in [1.82, 2.24) is 10.3 Å². The maximum Gasteiger partial charge on any atom is 0.261 e. The smallest absolute Gasteiger partial charge is 0.261 e. The zero-order chi connectivity index (χ0) is 19.1. The molecule has 1 amide bonds. The van der Waals surface area contributed by atoms with Gasteiger partial charge in [-0.25, -0.2) is 9.37 Å². The zero-order valence-electron chi connectivity index (χ0n) is 14.9. The van der Waals surface area contributed by atoms with Crippen molar-refractivity contribution in [3.63, 3.8) is 0 Å². The lowest BCUT2D eigenvalue weighted by Gasteiger charge is -2.10. The SMILES string of the molecule is C=CCCCCOc1cccc(CNC(=O)c2cc3cccnc3s2)c1F. The summed E-state index contributed by atoms with van der Waals surface area (Å²) in [6.45, 7) is 4.22. The van der Waals surface area contributed by atoms with Crippen LogP contribution in [0.1, 0.15) is 34.5 Å². The van der Waals surface area contributed by atoms with Crippen LogP contribution in [0.3, 0.4) is 0 Å². The molecule has 0 bridgehead atoms. The second-order valence-corrected chi connectivity index (χ2v) is 7.08. The topological polar surface area (TPSA) is 51.2 Å². The van der Waals surface area contributed by atoms with Crippen LogP contribution in [0.4, 0.5) is 4.39 Å². The summed E-state index contributed by atoms with van der Waals surface area (Å²) in [6.07, 6.45) is 6.28. The van der Waals surface area contributed by atoms with Crippen molar-refractivity contribution in [3.05, 3.63) is 71.5 Å². The van der Waals surface area contributed by atoms with Gasteiger partial charge in [0.1, 0.15) is 4.83 Å². The van der Waals surface area contributed by atoms with Gasteiger partial charge >= 0.3 is 0 Å². The first kappa shape index (κ1) is 19.0. The Labute approximate surface area is 161 Å². The van der Waals surface area contributed by atoms with E-state index in [0.29, 0.717) is 17.0 Å². The fourth-order valence-electron chi connectivity index (χ4n) is 2.62. The number of carbonyl (C=O) groups is 1. The highest BCUT2D eigenvalue weighted by Gasteiger charge is 2.13. The van der Waals surface area contributed by atoms with Crippen molar-refractivity contribution in [2.45, 2.75) is 25.8 Å². The number of ether oxygens (including phenoxy) is 1. The molecule has 6 heteroatoms. The number of nitrogens with zero attached hydrogens (tertiary/aromatic N) is 1. The van der Waals surface area contributed by atoms with Crippen LogP contribution in [0, 0.1) is 5.82 Å². The number of thiophene rings is 1. The molecule has 2 aromatic heterocycles. The lowest BCUT2D eigenvalue weighted by molar-refractivity contribution is 0.0954. The Hall–Kier alpha value is -2.73. The predicted molar refractivity (Wildman–Crippen MR) is 107 cm³/mol. The zero-order valence-corrected chi connectivity index (χ0v) is 15.7. The second-order valence-electron chi connectivity index (χ2n) is 6.05. The number of pyridine rings is 1. The summed E-state index contributed by atoms with van der Waals surface area (Å²) < 4.78 is 20.1. The van der Waals surface area contributed by atoms with Crippen LogP contribution in [0.15, 0.2) is 55.3 Å². The van der Waals surface area contributed by atoms with Gasteiger partial charge in [0.05, 0.1) is 11.5 Å². The summed E-state index contributed by atoms with van der Waals surface area (Å²) in [5.74, 6) is -0.459. The number of unbranched alkanes of at least 4 members (excludes halogenated alkanes) is 2. The number of allylic oxidation sites excluding steroid dienone is 1. The summed E-state index contributed by atoms with van der Waals surface area (Å²) in [5.41, 5.74) is 0.395. The van der Waals surface area contributed by atoms with Gasteiger partial charge in [-0.1, -0.05) is 24.3 Å². The Morgan fingerprint density at radius 2 is 2.19 bits per heavy atom. The van der Waals surface area contributed by atoms with E-state index in [9.17, 15) is 9.18 Å². The van der Waals surface area contributed by atoms with Gasteiger partial charge in [-0.05, 0) is 37.5 Å². The molecule has 0 atom stereocenters. The summed E-state index contributed by atoms with van der Waals surface area (Å²) in [5, 5.41) is 3.69. The van der Waals surface area contributed by atoms with Crippen LogP contribution in [-0.2, 0) is 6.54 Å². The Kier molecular flexibility index (Phi) is 6.54. The molecule has 0 aliphatic heterocycles. The number of amides is 1. The van der Waals surface area contributed by atoms with Gasteiger partial charge in [0.25, 0.3) is 5.91 Å². The highest BCUT2D eigenvalue weighted by Crippen LogP contribution is 2.24. The number of fused-ring (bicyclic) bond motifs is 1. The minimum atomic E-state index is -0.431. The van der Waals surface area contributed by atoms with E-state index in [0.717, 1.165) is 29.5 Å². The van der Waals surface area contributed by atoms with Crippen LogP contribution < -0.4 is 10.1 Å². The lowest BCUT2D eigenvalue weighted by Crippen LogP contribution is -2.22. The number of carbonyl (C=O) groups excluding carboxylic acids is 1. The number of aromatic nitrogens is 1. The molecular formula is C21H21FN2O2S. The highest BCUT2D eigenvalue weighted by molar-refractivity contribution is 7.20. The van der Waals surface area contributed by atoms with Crippen LogP contribution >= 0.6 is 11.3 Å². The third-order valence-corrected chi connectivity index (χ3v) is 5.12. The molecule has 140 valence electrons. The number of halogens is 1. The molecular weight excluding hydrogens is 363 g/mol. The number of nitrogens with one attached hydrogen (secondary N) is 1. The predicted octanol–water partition coefficient (Wildman–Crippen LogP) is 5.10. The fourth-order valence-corrected chi connectivity index (χ4v) is 3.54. The van der Waals surface area contributed by atoms with Crippen molar-refractivity contribution in [2.75, 3.05) is 6.61 Å². The summed E-state index contributed by atoms with van der Waals surface area (Å²) in [6, 6.07) is 10.5. The first-order valence-electron chi connectivity index (χ1n) is 8.83. The number of hydrogen-bond donors (Lipinski definition) is 1. The standard InChI is InChI=1S/C21H21FN2O2S/c1-2-3-4-5-12-26-17-10-6-8-16(19(17)22)14-24-20(25)18-13-15-9-7-11-23-21(15)27-18/h2,6-11,13H,1,3-5,12,14H2,(H,24,25). The van der Waals surface area contributed by atoms with Gasteiger partial charge in [-0.15, -0.1) is 17.9 Å². The van der Waals surface area contributed by atoms with E-state index in [1.54, 1.807) is 30.5 Å². The van der Waals surface area contributed by atoms with E-state index in [1.807, 2.05) is 18.2 Å². The van der Waals surface area contributed by atoms with Crippen LogP contribution in [0.2, 0.25) is 0 Å². The molecule has 0 spiro atoms. The molecule has 0 aliphatic carbocycles. The van der Waals surface area contributed by atoms with E-state index in [1.165, 1.54) is 11.3 Å². The number of benzene rings is 1. The van der Waals surface area contributed by atoms with E-state index in [2.05, 4.69) is 16.9 Å². The Bertz CT molecular complexity index is 906. The first-order chi connectivity index (χ1) is 13.2. The van der Waals surface area contributed by atoms with Crippen LogP contribution in [0.5, 0.6) is 5.75 Å². The third-order valence-electron chi connectivity index (χ3n) is 4.06. The third kappa shape index (κ3) is 4.92. The summed E-state index contributed by atoms with van der Waals surface area (Å²) in [7, 11) is 0. The molecule has 0 unspecified atom stereocenters. The van der Waals surface area contributed by atoms with Crippen LogP contribution in [0.25, 0.3) is 10.2 Å². The maximum absolute atomic E-state index is 14.6. The monoisotopic (exact) mass is 384 g/mol. The second kappa shape index (κ2) is 9.28. The summed E-state index contributed by atoms with van der Waals surface area (Å²) in [4.78, 5) is 18.0. The lowest BCUT2D eigenvalue weighted by atomic mass is 10.2. The molecule has 0 aliphatic rings. The molecule has 0 fully saturated rings. The van der Waals surface area contributed by atoms with E-state index in [4.69, 9.17) is 4.74 Å².